The van der Waals surface area contributed by atoms with Crippen molar-refractivity contribution in [1.82, 2.24) is 4.90 Å². The number of hydrogen-bond donors (Lipinski definition) is 0. The van der Waals surface area contributed by atoms with Crippen molar-refractivity contribution >= 4 is 46.4 Å². The van der Waals surface area contributed by atoms with Crippen molar-refractivity contribution in [2.75, 3.05) is 6.54 Å². The summed E-state index contributed by atoms with van der Waals surface area (Å²) in [6.45, 7) is 4.02. The van der Waals surface area contributed by atoms with Gasteiger partial charge in [0, 0.05) is 6.54 Å². The van der Waals surface area contributed by atoms with Crippen LogP contribution in [-0.2, 0) is 4.79 Å². The second-order valence-corrected chi connectivity index (χ2v) is 6.21. The van der Waals surface area contributed by atoms with E-state index in [-0.39, 0.29) is 11.5 Å². The average molecular weight is 337 g/mol. The van der Waals surface area contributed by atoms with Crippen LogP contribution < -0.4 is 0 Å². The van der Waals surface area contributed by atoms with E-state index in [2.05, 4.69) is 6.58 Å². The van der Waals surface area contributed by atoms with Crippen LogP contribution in [0.3, 0.4) is 0 Å². The van der Waals surface area contributed by atoms with E-state index in [1.54, 1.807) is 24.3 Å². The van der Waals surface area contributed by atoms with E-state index in [1.807, 2.05) is 24.3 Å². The van der Waals surface area contributed by atoms with Crippen LogP contribution in [0.2, 0.25) is 0 Å². The number of rotatable bonds is 4. The van der Waals surface area contributed by atoms with Crippen molar-refractivity contribution in [2.45, 2.75) is 0 Å². The summed E-state index contributed by atoms with van der Waals surface area (Å²) in [5.74, 6) is -0.125. The molecule has 0 unspecified atom stereocenters. The van der Waals surface area contributed by atoms with Gasteiger partial charge in [0.25, 0.3) is 5.91 Å². The molecule has 0 spiro atoms. The first-order chi connectivity index (χ1) is 11.1. The number of thioether (sulfide) groups is 1. The summed E-state index contributed by atoms with van der Waals surface area (Å²) in [7, 11) is 0. The van der Waals surface area contributed by atoms with Crippen LogP contribution in [0.1, 0.15) is 11.1 Å². The lowest BCUT2D eigenvalue weighted by Gasteiger charge is -2.10. The van der Waals surface area contributed by atoms with Crippen molar-refractivity contribution in [2.24, 2.45) is 0 Å². The first-order valence-corrected chi connectivity index (χ1v) is 7.79. The third-order valence-electron chi connectivity index (χ3n) is 2.97. The molecular formula is C17H11N3OS2. The van der Waals surface area contributed by atoms with Crippen LogP contribution in [0.5, 0.6) is 0 Å². The minimum Gasteiger partial charge on any atom is -0.289 e. The quantitative estimate of drug-likeness (QED) is 0.364. The summed E-state index contributed by atoms with van der Waals surface area (Å²) in [5, 5.41) is 17.5. The summed E-state index contributed by atoms with van der Waals surface area (Å²) in [6.07, 6.45) is 4.91. The zero-order valence-corrected chi connectivity index (χ0v) is 13.7. The lowest BCUT2D eigenvalue weighted by molar-refractivity contribution is -0.121. The fourth-order valence-corrected chi connectivity index (χ4v) is 3.16. The summed E-state index contributed by atoms with van der Waals surface area (Å²) < 4.78 is 0.522. The monoisotopic (exact) mass is 337 g/mol. The predicted octanol–water partition coefficient (Wildman–Crippen LogP) is 3.50. The summed E-state index contributed by atoms with van der Waals surface area (Å²) >= 11 is 6.44. The van der Waals surface area contributed by atoms with Crippen molar-refractivity contribution in [3.05, 3.63) is 58.5 Å². The van der Waals surface area contributed by atoms with E-state index in [4.69, 9.17) is 22.7 Å². The molecule has 23 heavy (non-hydrogen) atoms. The number of nitriles is 2. The minimum absolute atomic E-state index is 0.0445. The van der Waals surface area contributed by atoms with Crippen LogP contribution in [0, 0.1) is 22.7 Å². The van der Waals surface area contributed by atoms with Gasteiger partial charge in [-0.1, -0.05) is 54.3 Å². The minimum atomic E-state index is -0.125. The van der Waals surface area contributed by atoms with E-state index in [1.165, 1.54) is 22.7 Å². The molecule has 0 bridgehead atoms. The molecule has 2 rings (SSSR count). The van der Waals surface area contributed by atoms with Gasteiger partial charge in [0.05, 0.1) is 4.91 Å². The molecule has 1 aliphatic rings. The number of hydrogen-bond acceptors (Lipinski definition) is 5. The second kappa shape index (κ2) is 7.55. The fourth-order valence-electron chi connectivity index (χ4n) is 1.88. The molecular weight excluding hydrogens is 326 g/mol. The molecule has 1 aromatic rings. The summed E-state index contributed by atoms with van der Waals surface area (Å²) in [4.78, 5) is 14.3. The summed E-state index contributed by atoms with van der Waals surface area (Å²) in [6, 6.07) is 10.8. The Bertz CT molecular complexity index is 792. The number of amides is 1. The Labute approximate surface area is 144 Å². The third-order valence-corrected chi connectivity index (χ3v) is 4.35. The van der Waals surface area contributed by atoms with Crippen molar-refractivity contribution in [1.29, 1.82) is 10.5 Å². The lowest BCUT2D eigenvalue weighted by atomic mass is 10.1. The van der Waals surface area contributed by atoms with E-state index in [0.717, 1.165) is 11.1 Å². The molecule has 1 aromatic carbocycles. The van der Waals surface area contributed by atoms with E-state index < -0.39 is 0 Å². The van der Waals surface area contributed by atoms with Gasteiger partial charge in [-0.15, -0.1) is 6.58 Å². The SMILES string of the molecule is C=CCN1C(=O)/C(=C/c2ccc(C=C(C#N)C#N)cc2)SC1=S. The van der Waals surface area contributed by atoms with E-state index in [9.17, 15) is 4.79 Å². The molecule has 4 nitrogen and oxygen atoms in total. The molecule has 1 fully saturated rings. The first kappa shape index (κ1) is 16.7. The lowest BCUT2D eigenvalue weighted by Crippen LogP contribution is -2.27. The third kappa shape index (κ3) is 3.95. The van der Waals surface area contributed by atoms with Gasteiger partial charge in [0.2, 0.25) is 0 Å². The molecule has 0 aliphatic carbocycles. The van der Waals surface area contributed by atoms with Crippen molar-refractivity contribution in [3.8, 4) is 12.1 Å². The first-order valence-electron chi connectivity index (χ1n) is 6.57. The molecule has 1 amide bonds. The normalized spacial score (nSPS) is 15.2. The fraction of sp³-hybridized carbons (Fsp3) is 0.0588. The topological polar surface area (TPSA) is 67.9 Å². The zero-order valence-electron chi connectivity index (χ0n) is 12.0. The highest BCUT2D eigenvalue weighted by Crippen LogP contribution is 2.32. The number of thiocarbonyl (C=S) groups is 1. The Morgan fingerprint density at radius 1 is 1.26 bits per heavy atom. The second-order valence-electron chi connectivity index (χ2n) is 4.53. The maximum absolute atomic E-state index is 12.2. The van der Waals surface area contributed by atoms with Gasteiger partial charge < -0.3 is 0 Å². The van der Waals surface area contributed by atoms with Gasteiger partial charge >= 0.3 is 0 Å². The highest BCUT2D eigenvalue weighted by molar-refractivity contribution is 8.26. The number of benzene rings is 1. The Morgan fingerprint density at radius 2 is 1.87 bits per heavy atom. The van der Waals surface area contributed by atoms with Crippen LogP contribution in [0.4, 0.5) is 0 Å². The highest BCUT2D eigenvalue weighted by atomic mass is 32.2. The maximum atomic E-state index is 12.2. The zero-order chi connectivity index (χ0) is 16.8. The maximum Gasteiger partial charge on any atom is 0.266 e. The van der Waals surface area contributed by atoms with Crippen LogP contribution in [0.15, 0.2) is 47.4 Å². The van der Waals surface area contributed by atoms with Gasteiger partial charge in [-0.25, -0.2) is 0 Å². The Morgan fingerprint density at radius 3 is 2.43 bits per heavy atom. The highest BCUT2D eigenvalue weighted by Gasteiger charge is 2.30. The molecule has 1 saturated heterocycles. The van der Waals surface area contributed by atoms with E-state index >= 15 is 0 Å². The Hall–Kier alpha value is -2.67. The average Bonchev–Trinajstić information content (AvgIpc) is 2.82. The largest absolute Gasteiger partial charge is 0.289 e. The van der Waals surface area contributed by atoms with Crippen LogP contribution in [0.25, 0.3) is 12.2 Å². The predicted molar refractivity (Wildman–Crippen MR) is 95.7 cm³/mol. The summed E-state index contributed by atoms with van der Waals surface area (Å²) in [5.41, 5.74) is 1.64. The number of carbonyl (C=O) groups excluding carboxylic acids is 1. The smallest absolute Gasteiger partial charge is 0.266 e. The standard InChI is InChI=1S/C17H11N3OS2/c1-2-7-20-16(21)15(23-17(20)22)9-13-5-3-12(4-6-13)8-14(10-18)11-19/h2-6,8-9H,1,7H2/b15-9-. The number of carbonyl (C=O) groups is 1. The van der Waals surface area contributed by atoms with Crippen molar-refractivity contribution in [3.63, 3.8) is 0 Å². The molecule has 1 heterocycles. The molecule has 6 heteroatoms. The van der Waals surface area contributed by atoms with Crippen molar-refractivity contribution < 1.29 is 4.79 Å². The van der Waals surface area contributed by atoms with Gasteiger partial charge in [-0.2, -0.15) is 10.5 Å². The molecule has 0 atom stereocenters. The van der Waals surface area contributed by atoms with Crippen LogP contribution in [-0.4, -0.2) is 21.7 Å². The van der Waals surface area contributed by atoms with Gasteiger partial charge in [0.15, 0.2) is 0 Å². The Kier molecular flexibility index (Phi) is 5.48. The van der Waals surface area contributed by atoms with Gasteiger partial charge in [-0.05, 0) is 23.3 Å². The van der Waals surface area contributed by atoms with E-state index in [0.29, 0.717) is 15.8 Å². The van der Waals surface area contributed by atoms with Gasteiger partial charge in [0.1, 0.15) is 22.0 Å². The molecule has 1 aliphatic heterocycles. The molecule has 0 aromatic heterocycles. The number of allylic oxidation sites excluding steroid dienone is 1. The van der Waals surface area contributed by atoms with Gasteiger partial charge in [-0.3, -0.25) is 9.69 Å². The molecule has 112 valence electrons. The molecule has 0 saturated carbocycles. The molecule has 0 radical (unpaired) electrons. The number of nitrogens with zero attached hydrogens (tertiary/aromatic N) is 3. The Balaban J connectivity index is 2.22. The molecule has 0 N–H and O–H groups in total. The van der Waals surface area contributed by atoms with Crippen LogP contribution >= 0.6 is 24.0 Å².